The molecule has 0 atom stereocenters. The summed E-state index contributed by atoms with van der Waals surface area (Å²) in [5.41, 5.74) is 2.16. The van der Waals surface area contributed by atoms with Crippen LogP contribution in [0.15, 0.2) is 52.3 Å². The Labute approximate surface area is 134 Å². The summed E-state index contributed by atoms with van der Waals surface area (Å²) in [4.78, 5) is 13.9. The molecule has 0 aromatic heterocycles. The van der Waals surface area contributed by atoms with Crippen LogP contribution in [0.3, 0.4) is 0 Å². The van der Waals surface area contributed by atoms with Crippen molar-refractivity contribution in [2.75, 3.05) is 6.61 Å². The molecule has 2 aromatic rings. The van der Waals surface area contributed by atoms with Gasteiger partial charge in [-0.3, -0.25) is 0 Å². The molecule has 0 fully saturated rings. The van der Waals surface area contributed by atoms with Crippen LogP contribution >= 0.6 is 11.8 Å². The van der Waals surface area contributed by atoms with Gasteiger partial charge in [-0.1, -0.05) is 30.8 Å². The molecule has 0 spiro atoms. The van der Waals surface area contributed by atoms with Crippen molar-refractivity contribution in [3.8, 4) is 6.07 Å². The summed E-state index contributed by atoms with van der Waals surface area (Å²) in [6.07, 6.45) is 0.996. The lowest BCUT2D eigenvalue weighted by atomic mass is 10.1. The second-order valence-electron chi connectivity index (χ2n) is 4.64. The highest BCUT2D eigenvalue weighted by Crippen LogP contribution is 2.31. The van der Waals surface area contributed by atoms with Crippen molar-refractivity contribution in [3.63, 3.8) is 0 Å². The van der Waals surface area contributed by atoms with Gasteiger partial charge in [0.05, 0.1) is 23.8 Å². The van der Waals surface area contributed by atoms with E-state index < -0.39 is 5.97 Å². The Bertz CT molecular complexity index is 702. The fourth-order valence-corrected chi connectivity index (χ4v) is 2.89. The third-order valence-corrected chi connectivity index (χ3v) is 4.25. The first-order valence-corrected chi connectivity index (χ1v) is 7.97. The maximum atomic E-state index is 12.1. The monoisotopic (exact) mass is 311 g/mol. The van der Waals surface area contributed by atoms with E-state index in [0.717, 1.165) is 16.2 Å². The third-order valence-electron chi connectivity index (χ3n) is 3.16. The van der Waals surface area contributed by atoms with Gasteiger partial charge >= 0.3 is 5.97 Å². The van der Waals surface area contributed by atoms with E-state index in [9.17, 15) is 4.79 Å². The normalized spacial score (nSPS) is 10.0. The molecule has 0 saturated heterocycles. The van der Waals surface area contributed by atoms with Crippen molar-refractivity contribution in [3.05, 3.63) is 59.2 Å². The molecule has 2 aromatic carbocycles. The van der Waals surface area contributed by atoms with Gasteiger partial charge in [-0.25, -0.2) is 4.79 Å². The zero-order chi connectivity index (χ0) is 15.9. The predicted molar refractivity (Wildman–Crippen MR) is 87.1 cm³/mol. The summed E-state index contributed by atoms with van der Waals surface area (Å²) in [7, 11) is 0. The molecule has 0 unspecified atom stereocenters. The highest BCUT2D eigenvalue weighted by atomic mass is 32.2. The molecule has 0 saturated carbocycles. The number of nitrogens with zero attached hydrogens (tertiary/aromatic N) is 1. The average molecular weight is 311 g/mol. The lowest BCUT2D eigenvalue weighted by Crippen LogP contribution is -2.06. The molecule has 112 valence electrons. The van der Waals surface area contributed by atoms with Gasteiger partial charge < -0.3 is 4.74 Å². The van der Waals surface area contributed by atoms with Gasteiger partial charge in [0.2, 0.25) is 0 Å². The molecule has 4 heteroatoms. The Morgan fingerprint density at radius 1 is 1.18 bits per heavy atom. The highest BCUT2D eigenvalue weighted by molar-refractivity contribution is 7.99. The number of carbonyl (C=O) groups is 1. The number of carbonyl (C=O) groups excluding carboxylic acids is 1. The molecule has 2 rings (SSSR count). The molecule has 3 nitrogen and oxygen atoms in total. The Balaban J connectivity index is 2.32. The Kier molecular flexibility index (Phi) is 5.62. The number of hydrogen-bond donors (Lipinski definition) is 0. The molecule has 0 N–H and O–H groups in total. The molecule has 0 aliphatic rings. The molecule has 0 aliphatic carbocycles. The first kappa shape index (κ1) is 16.1. The highest BCUT2D eigenvalue weighted by Gasteiger charge is 2.14. The summed E-state index contributed by atoms with van der Waals surface area (Å²) >= 11 is 1.50. The second-order valence-corrected chi connectivity index (χ2v) is 5.76. The van der Waals surface area contributed by atoms with E-state index in [1.807, 2.05) is 12.1 Å². The standard InChI is InChI=1S/C18H17NO2S/c1-3-13-5-8-15(9-6-13)22-17-10-7-14(12-19)11-16(17)18(20)21-4-2/h5-11H,3-4H2,1-2H3. The van der Waals surface area contributed by atoms with E-state index >= 15 is 0 Å². The van der Waals surface area contributed by atoms with Gasteiger partial charge in [-0.05, 0) is 49.2 Å². The lowest BCUT2D eigenvalue weighted by Gasteiger charge is -2.09. The van der Waals surface area contributed by atoms with Crippen molar-refractivity contribution < 1.29 is 9.53 Å². The van der Waals surface area contributed by atoms with E-state index in [-0.39, 0.29) is 0 Å². The molecular weight excluding hydrogens is 294 g/mol. The number of hydrogen-bond acceptors (Lipinski definition) is 4. The lowest BCUT2D eigenvalue weighted by molar-refractivity contribution is 0.0522. The number of ether oxygens (including phenoxy) is 1. The minimum Gasteiger partial charge on any atom is -0.462 e. The summed E-state index contributed by atoms with van der Waals surface area (Å²) in [5.74, 6) is -0.396. The van der Waals surface area contributed by atoms with Gasteiger partial charge in [0.1, 0.15) is 0 Å². The first-order chi connectivity index (χ1) is 10.7. The van der Waals surface area contributed by atoms with Crippen molar-refractivity contribution in [2.45, 2.75) is 30.1 Å². The minimum absolute atomic E-state index is 0.310. The Hall–Kier alpha value is -2.25. The Morgan fingerprint density at radius 2 is 1.91 bits per heavy atom. The van der Waals surface area contributed by atoms with Gasteiger partial charge in [-0.2, -0.15) is 5.26 Å². The number of nitriles is 1. The van der Waals surface area contributed by atoms with E-state index in [4.69, 9.17) is 10.00 Å². The zero-order valence-electron chi connectivity index (χ0n) is 12.6. The first-order valence-electron chi connectivity index (χ1n) is 7.16. The van der Waals surface area contributed by atoms with Crippen LogP contribution in [0.2, 0.25) is 0 Å². The number of aryl methyl sites for hydroxylation is 1. The largest absolute Gasteiger partial charge is 0.462 e. The maximum Gasteiger partial charge on any atom is 0.339 e. The van der Waals surface area contributed by atoms with E-state index in [1.165, 1.54) is 17.3 Å². The molecular formula is C18H17NO2S. The average Bonchev–Trinajstić information content (AvgIpc) is 2.56. The van der Waals surface area contributed by atoms with Gasteiger partial charge in [0, 0.05) is 9.79 Å². The van der Waals surface area contributed by atoms with E-state index in [2.05, 4.69) is 25.1 Å². The van der Waals surface area contributed by atoms with Crippen molar-refractivity contribution >= 4 is 17.7 Å². The number of esters is 1. The van der Waals surface area contributed by atoms with Gasteiger partial charge in [0.15, 0.2) is 0 Å². The van der Waals surface area contributed by atoms with Gasteiger partial charge in [-0.15, -0.1) is 0 Å². The minimum atomic E-state index is -0.396. The number of benzene rings is 2. The van der Waals surface area contributed by atoms with Gasteiger partial charge in [0.25, 0.3) is 0 Å². The predicted octanol–water partition coefficient (Wildman–Crippen LogP) is 4.45. The van der Waals surface area contributed by atoms with Crippen molar-refractivity contribution in [1.29, 1.82) is 5.26 Å². The second kappa shape index (κ2) is 7.67. The zero-order valence-corrected chi connectivity index (χ0v) is 13.4. The fraction of sp³-hybridized carbons (Fsp3) is 0.222. The molecule has 0 radical (unpaired) electrons. The molecule has 0 aliphatic heterocycles. The van der Waals surface area contributed by atoms with E-state index in [0.29, 0.717) is 17.7 Å². The van der Waals surface area contributed by atoms with Crippen molar-refractivity contribution in [1.82, 2.24) is 0 Å². The third kappa shape index (κ3) is 3.90. The van der Waals surface area contributed by atoms with Crippen LogP contribution in [0.25, 0.3) is 0 Å². The van der Waals surface area contributed by atoms with Crippen LogP contribution in [0.5, 0.6) is 0 Å². The van der Waals surface area contributed by atoms with Crippen LogP contribution in [-0.2, 0) is 11.2 Å². The molecule has 0 bridgehead atoms. The fourth-order valence-electron chi connectivity index (χ4n) is 1.98. The van der Waals surface area contributed by atoms with Crippen LogP contribution in [0.1, 0.15) is 35.3 Å². The van der Waals surface area contributed by atoms with E-state index in [1.54, 1.807) is 25.1 Å². The van der Waals surface area contributed by atoms with Crippen LogP contribution in [0.4, 0.5) is 0 Å². The SMILES string of the molecule is CCOC(=O)c1cc(C#N)ccc1Sc1ccc(CC)cc1. The molecule has 0 amide bonds. The maximum absolute atomic E-state index is 12.1. The topological polar surface area (TPSA) is 50.1 Å². The summed E-state index contributed by atoms with van der Waals surface area (Å²) in [6.45, 7) is 4.19. The Morgan fingerprint density at radius 3 is 2.50 bits per heavy atom. The van der Waals surface area contributed by atoms with Crippen LogP contribution in [0, 0.1) is 11.3 Å². The van der Waals surface area contributed by atoms with Crippen LogP contribution < -0.4 is 0 Å². The summed E-state index contributed by atoms with van der Waals surface area (Å²) in [5, 5.41) is 9.00. The summed E-state index contributed by atoms with van der Waals surface area (Å²) in [6, 6.07) is 15.4. The summed E-state index contributed by atoms with van der Waals surface area (Å²) < 4.78 is 5.08. The van der Waals surface area contributed by atoms with Crippen LogP contribution in [-0.4, -0.2) is 12.6 Å². The molecule has 22 heavy (non-hydrogen) atoms. The quantitative estimate of drug-likeness (QED) is 0.766. The smallest absolute Gasteiger partial charge is 0.339 e. The number of rotatable bonds is 5. The molecule has 0 heterocycles. The van der Waals surface area contributed by atoms with Crippen molar-refractivity contribution in [2.24, 2.45) is 0 Å².